The second-order valence-corrected chi connectivity index (χ2v) is 8.01. The topological polar surface area (TPSA) is 71.1 Å². The normalized spacial score (nSPS) is 11.6. The van der Waals surface area contributed by atoms with E-state index >= 15 is 0 Å². The van der Waals surface area contributed by atoms with Crippen molar-refractivity contribution in [3.63, 3.8) is 0 Å². The highest BCUT2D eigenvalue weighted by Crippen LogP contribution is 2.28. The lowest BCUT2D eigenvalue weighted by molar-refractivity contribution is 0.599. The zero-order chi connectivity index (χ0) is 15.6. The molecule has 0 unspecified atom stereocenters. The van der Waals surface area contributed by atoms with Crippen LogP contribution < -0.4 is 10.0 Å². The van der Waals surface area contributed by atoms with Crippen LogP contribution in [-0.2, 0) is 16.6 Å². The quantitative estimate of drug-likeness (QED) is 0.823. The maximum Gasteiger partial charge on any atom is 0.264 e. The van der Waals surface area contributed by atoms with Crippen molar-refractivity contribution in [3.05, 3.63) is 38.1 Å². The fourth-order valence-electron chi connectivity index (χ4n) is 1.92. The smallest absolute Gasteiger partial charge is 0.264 e. The number of nitrogens with one attached hydrogen (secondary N) is 2. The maximum atomic E-state index is 12.6. The molecule has 0 aliphatic heterocycles. The number of sulfonamides is 1. The molecule has 21 heavy (non-hydrogen) atoms. The first-order valence-corrected chi connectivity index (χ1v) is 9.38. The predicted molar refractivity (Wildman–Crippen MR) is 89.3 cm³/mol. The second-order valence-electron chi connectivity index (χ2n) is 4.57. The number of rotatable bonds is 5. The maximum absolute atomic E-state index is 12.6. The number of pyridine rings is 1. The average Bonchev–Trinajstić information content (AvgIpc) is 2.76. The van der Waals surface area contributed by atoms with Crippen molar-refractivity contribution in [3.8, 4) is 0 Å². The van der Waals surface area contributed by atoms with Crippen molar-refractivity contribution < 1.29 is 8.42 Å². The molecule has 0 radical (unpaired) electrons. The molecule has 0 aliphatic rings. The van der Waals surface area contributed by atoms with E-state index in [2.05, 4.69) is 31.0 Å². The molecule has 2 aromatic rings. The fraction of sp³-hybridized carbons (Fsp3) is 0.308. The van der Waals surface area contributed by atoms with Crippen LogP contribution in [-0.4, -0.2) is 20.4 Å². The van der Waals surface area contributed by atoms with Crippen molar-refractivity contribution in [2.24, 2.45) is 0 Å². The molecule has 0 saturated carbocycles. The van der Waals surface area contributed by atoms with Gasteiger partial charge in [0.1, 0.15) is 10.7 Å². The molecule has 2 heterocycles. The largest absolute Gasteiger partial charge is 0.315 e. The Morgan fingerprint density at radius 1 is 1.33 bits per heavy atom. The van der Waals surface area contributed by atoms with E-state index < -0.39 is 10.0 Å². The molecule has 114 valence electrons. The molecule has 0 fully saturated rings. The average molecular weight is 390 g/mol. The standard InChI is InChI=1S/C13H16BrN3O2S2/c1-8-7-20-11(6-15-3)13(8)21(18,19)17-12-5-4-10(14)9(2)16-12/h4-5,7,15H,6H2,1-3H3,(H,16,17). The van der Waals surface area contributed by atoms with Gasteiger partial charge >= 0.3 is 0 Å². The molecule has 0 saturated heterocycles. The molecular weight excluding hydrogens is 374 g/mol. The SMILES string of the molecule is CNCc1scc(C)c1S(=O)(=O)Nc1ccc(Br)c(C)n1. The number of aryl methyl sites for hydroxylation is 2. The summed E-state index contributed by atoms with van der Waals surface area (Å²) in [4.78, 5) is 5.35. The van der Waals surface area contributed by atoms with Gasteiger partial charge < -0.3 is 5.32 Å². The summed E-state index contributed by atoms with van der Waals surface area (Å²) in [6.45, 7) is 4.12. The van der Waals surface area contributed by atoms with Gasteiger partial charge in [0.15, 0.2) is 0 Å². The van der Waals surface area contributed by atoms with Crippen LogP contribution in [0.3, 0.4) is 0 Å². The van der Waals surface area contributed by atoms with Crippen LogP contribution in [0.4, 0.5) is 5.82 Å². The summed E-state index contributed by atoms with van der Waals surface area (Å²) in [5.41, 5.74) is 1.47. The van der Waals surface area contributed by atoms with Crippen molar-refractivity contribution in [1.29, 1.82) is 0 Å². The van der Waals surface area contributed by atoms with Gasteiger partial charge in [0, 0.05) is 15.9 Å². The van der Waals surface area contributed by atoms with Crippen molar-refractivity contribution in [2.45, 2.75) is 25.3 Å². The highest BCUT2D eigenvalue weighted by Gasteiger charge is 2.23. The number of hydrogen-bond donors (Lipinski definition) is 2. The van der Waals surface area contributed by atoms with Gasteiger partial charge in [-0.25, -0.2) is 13.4 Å². The van der Waals surface area contributed by atoms with E-state index in [-0.39, 0.29) is 0 Å². The molecular formula is C13H16BrN3O2S2. The molecule has 2 aromatic heterocycles. The summed E-state index contributed by atoms with van der Waals surface area (Å²) in [5.74, 6) is 0.316. The molecule has 0 aliphatic carbocycles. The minimum atomic E-state index is -3.64. The first kappa shape index (κ1) is 16.4. The zero-order valence-corrected chi connectivity index (χ0v) is 15.1. The van der Waals surface area contributed by atoms with E-state index in [1.54, 1.807) is 26.1 Å². The lowest BCUT2D eigenvalue weighted by Gasteiger charge is -2.10. The number of aromatic nitrogens is 1. The Bertz CT molecular complexity index is 757. The van der Waals surface area contributed by atoms with Crippen molar-refractivity contribution in [1.82, 2.24) is 10.3 Å². The van der Waals surface area contributed by atoms with Crippen LogP contribution in [0.5, 0.6) is 0 Å². The molecule has 5 nitrogen and oxygen atoms in total. The Kier molecular flexibility index (Phi) is 5.03. The Labute approximate surface area is 137 Å². The lowest BCUT2D eigenvalue weighted by atomic mass is 10.3. The molecule has 8 heteroatoms. The van der Waals surface area contributed by atoms with Crippen molar-refractivity contribution >= 4 is 43.1 Å². The Hall–Kier alpha value is -0.960. The monoisotopic (exact) mass is 389 g/mol. The summed E-state index contributed by atoms with van der Waals surface area (Å²) in [5, 5.41) is 4.84. The second kappa shape index (κ2) is 6.43. The minimum Gasteiger partial charge on any atom is -0.315 e. The summed E-state index contributed by atoms with van der Waals surface area (Å²) < 4.78 is 28.6. The van der Waals surface area contributed by atoms with Gasteiger partial charge in [0.05, 0.1) is 5.69 Å². The van der Waals surface area contributed by atoms with Crippen molar-refractivity contribution in [2.75, 3.05) is 11.8 Å². The van der Waals surface area contributed by atoms with Gasteiger partial charge in [-0.3, -0.25) is 4.72 Å². The molecule has 0 atom stereocenters. The molecule has 0 aromatic carbocycles. The molecule has 0 spiro atoms. The van der Waals surface area contributed by atoms with Crippen LogP contribution in [0.2, 0.25) is 0 Å². The minimum absolute atomic E-state index is 0.316. The zero-order valence-electron chi connectivity index (χ0n) is 11.9. The Morgan fingerprint density at radius 2 is 2.05 bits per heavy atom. The van der Waals surface area contributed by atoms with Gasteiger partial charge in [-0.2, -0.15) is 0 Å². The molecule has 0 amide bonds. The third-order valence-corrected chi connectivity index (χ3v) is 6.51. The number of anilines is 1. The number of hydrogen-bond acceptors (Lipinski definition) is 5. The van der Waals surface area contributed by atoms with E-state index in [0.717, 1.165) is 20.6 Å². The van der Waals surface area contributed by atoms with Crippen LogP contribution >= 0.6 is 27.3 Å². The number of halogens is 1. The van der Waals surface area contributed by atoms with Gasteiger partial charge in [0.25, 0.3) is 10.0 Å². The lowest BCUT2D eigenvalue weighted by Crippen LogP contribution is -2.17. The van der Waals surface area contributed by atoms with E-state index in [1.165, 1.54) is 11.3 Å². The number of nitrogens with zero attached hydrogens (tertiary/aromatic N) is 1. The molecule has 2 N–H and O–H groups in total. The van der Waals surface area contributed by atoms with Gasteiger partial charge in [0.2, 0.25) is 0 Å². The summed E-state index contributed by atoms with van der Waals surface area (Å²) in [7, 11) is -1.85. The highest BCUT2D eigenvalue weighted by atomic mass is 79.9. The predicted octanol–water partition coefficient (Wildman–Crippen LogP) is 3.04. The number of thiophene rings is 1. The van der Waals surface area contributed by atoms with Gasteiger partial charge in [-0.15, -0.1) is 11.3 Å². The Balaban J connectivity index is 2.38. The van der Waals surface area contributed by atoms with Crippen LogP contribution in [0.1, 0.15) is 16.1 Å². The third kappa shape index (κ3) is 3.63. The fourth-order valence-corrected chi connectivity index (χ4v) is 4.97. The summed E-state index contributed by atoms with van der Waals surface area (Å²) >= 11 is 4.78. The third-order valence-electron chi connectivity index (χ3n) is 2.86. The first-order chi connectivity index (χ1) is 9.85. The highest BCUT2D eigenvalue weighted by molar-refractivity contribution is 9.10. The van der Waals surface area contributed by atoms with E-state index in [1.807, 2.05) is 12.3 Å². The van der Waals surface area contributed by atoms with Gasteiger partial charge in [-0.1, -0.05) is 0 Å². The van der Waals surface area contributed by atoms with Gasteiger partial charge in [-0.05, 0) is 59.9 Å². The molecule has 2 rings (SSSR count). The summed E-state index contributed by atoms with van der Waals surface area (Å²) in [6, 6.07) is 3.41. The van der Waals surface area contributed by atoms with E-state index in [0.29, 0.717) is 17.3 Å². The Morgan fingerprint density at radius 3 is 2.67 bits per heavy atom. The van der Waals surface area contributed by atoms with Crippen LogP contribution in [0, 0.1) is 13.8 Å². The first-order valence-electron chi connectivity index (χ1n) is 6.22. The van der Waals surface area contributed by atoms with E-state index in [9.17, 15) is 8.42 Å². The van der Waals surface area contributed by atoms with E-state index in [4.69, 9.17) is 0 Å². The van der Waals surface area contributed by atoms with Crippen LogP contribution in [0.25, 0.3) is 0 Å². The van der Waals surface area contributed by atoms with Crippen LogP contribution in [0.15, 0.2) is 26.9 Å². The molecule has 0 bridgehead atoms. The summed E-state index contributed by atoms with van der Waals surface area (Å²) in [6.07, 6.45) is 0.